The van der Waals surface area contributed by atoms with Crippen molar-refractivity contribution >= 4 is 11.6 Å². The highest BCUT2D eigenvalue weighted by Crippen LogP contribution is 2.28. The molecular weight excluding hydrogens is 384 g/mol. The molecule has 0 unspecified atom stereocenters. The smallest absolute Gasteiger partial charge is 0.174 e. The molecule has 6 heteroatoms. The highest BCUT2D eigenvalue weighted by molar-refractivity contribution is 5.90. The van der Waals surface area contributed by atoms with Crippen molar-refractivity contribution in [3.8, 4) is 23.0 Å². The molecule has 0 bridgehead atoms. The summed E-state index contributed by atoms with van der Waals surface area (Å²) in [5.74, 6) is 1.61. The predicted molar refractivity (Wildman–Crippen MR) is 120 cm³/mol. The van der Waals surface area contributed by atoms with Gasteiger partial charge in [-0.2, -0.15) is 10.4 Å². The number of benzene rings is 2. The van der Waals surface area contributed by atoms with Crippen LogP contribution in [-0.2, 0) is 13.0 Å². The van der Waals surface area contributed by atoms with Crippen molar-refractivity contribution in [1.29, 1.82) is 5.26 Å². The van der Waals surface area contributed by atoms with E-state index in [1.807, 2.05) is 77.6 Å². The Hall–Kier alpha value is -3.98. The molecule has 0 radical (unpaired) electrons. The number of rotatable bonds is 4. The maximum atomic E-state index is 9.99. The summed E-state index contributed by atoms with van der Waals surface area (Å²) >= 11 is 0. The van der Waals surface area contributed by atoms with Crippen molar-refractivity contribution < 1.29 is 0 Å². The Kier molecular flexibility index (Phi) is 5.16. The van der Waals surface area contributed by atoms with E-state index in [2.05, 4.69) is 20.8 Å². The number of hydrogen-bond acceptors (Lipinski definition) is 4. The summed E-state index contributed by atoms with van der Waals surface area (Å²) in [5.41, 5.74) is 4.17. The van der Waals surface area contributed by atoms with E-state index in [0.29, 0.717) is 11.4 Å². The van der Waals surface area contributed by atoms with Crippen LogP contribution in [0.4, 0.5) is 0 Å². The lowest BCUT2D eigenvalue weighted by Gasteiger charge is -2.06. The van der Waals surface area contributed by atoms with Gasteiger partial charge < -0.3 is 4.57 Å². The Balaban J connectivity index is 1.63. The Morgan fingerprint density at radius 2 is 1.71 bits per heavy atom. The van der Waals surface area contributed by atoms with Crippen LogP contribution in [-0.4, -0.2) is 24.5 Å². The molecule has 1 aliphatic rings. The molecule has 152 valence electrons. The van der Waals surface area contributed by atoms with Crippen LogP contribution in [0.2, 0.25) is 0 Å². The molecule has 0 atom stereocenters. The van der Waals surface area contributed by atoms with Crippen molar-refractivity contribution in [3.05, 3.63) is 84.1 Å². The van der Waals surface area contributed by atoms with Crippen molar-refractivity contribution in [3.63, 3.8) is 0 Å². The van der Waals surface area contributed by atoms with E-state index in [-0.39, 0.29) is 0 Å². The normalized spacial score (nSPS) is 14.0. The fraction of sp³-hybridized carbons (Fsp3) is 0.200. The van der Waals surface area contributed by atoms with Gasteiger partial charge >= 0.3 is 0 Å². The first kappa shape index (κ1) is 19.0. The highest BCUT2D eigenvalue weighted by Gasteiger charge is 2.19. The lowest BCUT2D eigenvalue weighted by atomic mass is 10.1. The average molecular weight is 406 g/mol. The topological polar surface area (TPSA) is 72.3 Å². The summed E-state index contributed by atoms with van der Waals surface area (Å²) < 4.78 is 3.96. The van der Waals surface area contributed by atoms with E-state index in [0.717, 1.165) is 54.1 Å². The molecule has 0 fully saturated rings. The number of nitriles is 1. The molecule has 0 saturated carbocycles. The molecule has 0 amide bonds. The number of fused-ring (bicyclic) bond motifs is 1. The van der Waals surface area contributed by atoms with Gasteiger partial charge in [-0.05, 0) is 31.1 Å². The number of hydrogen-bond donors (Lipinski definition) is 0. The second-order valence-electron chi connectivity index (χ2n) is 7.65. The van der Waals surface area contributed by atoms with E-state index in [9.17, 15) is 5.26 Å². The van der Waals surface area contributed by atoms with Gasteiger partial charge in [-0.3, -0.25) is 0 Å². The maximum Gasteiger partial charge on any atom is 0.174 e. The van der Waals surface area contributed by atoms with Gasteiger partial charge in [0.05, 0.1) is 17.0 Å². The molecule has 0 aliphatic carbocycles. The number of nitrogens with zero attached hydrogens (tertiary/aromatic N) is 6. The molecule has 6 nitrogen and oxygen atoms in total. The van der Waals surface area contributed by atoms with E-state index in [1.54, 1.807) is 0 Å². The minimum absolute atomic E-state index is 0.505. The Bertz CT molecular complexity index is 1260. The Morgan fingerprint density at radius 1 is 0.935 bits per heavy atom. The number of para-hydroxylation sites is 1. The lowest BCUT2D eigenvalue weighted by Crippen LogP contribution is -2.05. The van der Waals surface area contributed by atoms with Crippen LogP contribution in [0.3, 0.4) is 0 Å². The fourth-order valence-electron chi connectivity index (χ4n) is 4.01. The molecule has 0 spiro atoms. The minimum Gasteiger partial charge on any atom is -0.310 e. The molecule has 31 heavy (non-hydrogen) atoms. The number of aromatic nitrogens is 5. The quantitative estimate of drug-likeness (QED) is 0.451. The van der Waals surface area contributed by atoms with Crippen molar-refractivity contribution in [1.82, 2.24) is 24.5 Å². The molecule has 5 rings (SSSR count). The predicted octanol–water partition coefficient (Wildman–Crippen LogP) is 4.92. The SMILES string of the molecule is N#C/C(=C/c1cn(-c2ccccc2)nc1-c1ccccc1)c1nnc2n1CCCCC2. The summed E-state index contributed by atoms with van der Waals surface area (Å²) in [6.45, 7) is 0.853. The van der Waals surface area contributed by atoms with Crippen molar-refractivity contribution in [2.24, 2.45) is 0 Å². The minimum atomic E-state index is 0.505. The molecule has 0 saturated heterocycles. The first-order valence-corrected chi connectivity index (χ1v) is 10.6. The third-order valence-electron chi connectivity index (χ3n) is 5.58. The molecule has 3 heterocycles. The van der Waals surface area contributed by atoms with Gasteiger partial charge in [0.2, 0.25) is 0 Å². The second-order valence-corrected chi connectivity index (χ2v) is 7.65. The Morgan fingerprint density at radius 3 is 2.48 bits per heavy atom. The standard InChI is InChI=1S/C25H22N6/c26-17-20(25-28-27-23-14-8-3-9-15-30(23)25)16-21-18-31(22-12-6-2-7-13-22)29-24(21)19-10-4-1-5-11-19/h1-2,4-7,10-13,16,18H,3,8-9,14-15H2/b20-16-. The Labute approximate surface area is 181 Å². The summed E-state index contributed by atoms with van der Waals surface area (Å²) in [4.78, 5) is 0. The van der Waals surface area contributed by atoms with Crippen LogP contribution < -0.4 is 0 Å². The zero-order valence-electron chi connectivity index (χ0n) is 17.1. The molecule has 0 N–H and O–H groups in total. The summed E-state index contributed by atoms with van der Waals surface area (Å²) in [5, 5.41) is 23.6. The average Bonchev–Trinajstić information content (AvgIpc) is 3.35. The zero-order chi connectivity index (χ0) is 21.0. The maximum absolute atomic E-state index is 9.99. The van der Waals surface area contributed by atoms with Crippen molar-refractivity contribution in [2.45, 2.75) is 32.2 Å². The molecule has 1 aliphatic heterocycles. The van der Waals surface area contributed by atoms with Crippen LogP contribution in [0.15, 0.2) is 66.9 Å². The summed E-state index contributed by atoms with van der Waals surface area (Å²) in [6, 6.07) is 22.4. The van der Waals surface area contributed by atoms with Crippen LogP contribution >= 0.6 is 0 Å². The number of aryl methyl sites for hydroxylation is 1. The molecule has 2 aromatic carbocycles. The van der Waals surface area contributed by atoms with Gasteiger partial charge in [-0.15, -0.1) is 10.2 Å². The molecule has 2 aromatic heterocycles. The first-order chi connectivity index (χ1) is 15.3. The zero-order valence-corrected chi connectivity index (χ0v) is 17.1. The monoisotopic (exact) mass is 406 g/mol. The van der Waals surface area contributed by atoms with Gasteiger partial charge in [0.15, 0.2) is 5.82 Å². The van der Waals surface area contributed by atoms with E-state index in [4.69, 9.17) is 5.10 Å². The van der Waals surface area contributed by atoms with Crippen molar-refractivity contribution in [2.75, 3.05) is 0 Å². The number of allylic oxidation sites excluding steroid dienone is 1. The molecule has 4 aromatic rings. The van der Waals surface area contributed by atoms with E-state index >= 15 is 0 Å². The first-order valence-electron chi connectivity index (χ1n) is 10.6. The lowest BCUT2D eigenvalue weighted by molar-refractivity contribution is 0.627. The highest BCUT2D eigenvalue weighted by atomic mass is 15.3. The summed E-state index contributed by atoms with van der Waals surface area (Å²) in [7, 11) is 0. The molecular formula is C25H22N6. The second kappa shape index (κ2) is 8.41. The third kappa shape index (κ3) is 3.78. The van der Waals surface area contributed by atoms with E-state index in [1.165, 1.54) is 6.42 Å². The van der Waals surface area contributed by atoms with Gasteiger partial charge in [0, 0.05) is 30.3 Å². The van der Waals surface area contributed by atoms with E-state index < -0.39 is 0 Å². The van der Waals surface area contributed by atoms with Crippen LogP contribution in [0.5, 0.6) is 0 Å². The van der Waals surface area contributed by atoms with Gasteiger partial charge in [0.1, 0.15) is 11.9 Å². The largest absolute Gasteiger partial charge is 0.310 e. The van der Waals surface area contributed by atoms with Gasteiger partial charge in [-0.25, -0.2) is 4.68 Å². The van der Waals surface area contributed by atoms with Gasteiger partial charge in [-0.1, -0.05) is 55.0 Å². The third-order valence-corrected chi connectivity index (χ3v) is 5.58. The van der Waals surface area contributed by atoms with Gasteiger partial charge in [0.25, 0.3) is 0 Å². The summed E-state index contributed by atoms with van der Waals surface area (Å²) in [6.07, 6.45) is 8.14. The van der Waals surface area contributed by atoms with Crippen LogP contribution in [0.1, 0.15) is 36.5 Å². The van der Waals surface area contributed by atoms with Crippen LogP contribution in [0, 0.1) is 11.3 Å². The fourth-order valence-corrected chi connectivity index (χ4v) is 4.01. The van der Waals surface area contributed by atoms with Crippen LogP contribution in [0.25, 0.3) is 28.6 Å².